The van der Waals surface area contributed by atoms with Crippen LogP contribution in [0.5, 0.6) is 0 Å². The topological polar surface area (TPSA) is 30.7 Å². The maximum Gasteiger partial charge on any atom is 0.145 e. The SMILES string of the molecule is FC1CC(c2ccc(Cl)s2)(c2nnc(C3CC3)n2C2CC2)C1. The van der Waals surface area contributed by atoms with Crippen molar-refractivity contribution < 1.29 is 4.39 Å². The molecule has 0 atom stereocenters. The van der Waals surface area contributed by atoms with Crippen LogP contribution >= 0.6 is 22.9 Å². The van der Waals surface area contributed by atoms with Gasteiger partial charge in [0.1, 0.15) is 17.8 Å². The normalized spacial score (nSPS) is 31.3. The van der Waals surface area contributed by atoms with Gasteiger partial charge in [-0.15, -0.1) is 21.5 Å². The van der Waals surface area contributed by atoms with Crippen molar-refractivity contribution in [2.45, 2.75) is 62.1 Å². The molecular weight excluding hydrogens is 321 g/mol. The highest BCUT2D eigenvalue weighted by Gasteiger charge is 2.53. The number of rotatable bonds is 4. The molecule has 0 radical (unpaired) electrons. The lowest BCUT2D eigenvalue weighted by Gasteiger charge is -2.42. The van der Waals surface area contributed by atoms with E-state index in [9.17, 15) is 4.39 Å². The molecule has 0 N–H and O–H groups in total. The van der Waals surface area contributed by atoms with E-state index in [4.69, 9.17) is 11.6 Å². The number of nitrogens with zero attached hydrogens (tertiary/aromatic N) is 3. The average Bonchev–Trinajstić information content (AvgIpc) is 3.39. The van der Waals surface area contributed by atoms with Gasteiger partial charge in [0, 0.05) is 16.8 Å². The zero-order chi connectivity index (χ0) is 14.9. The summed E-state index contributed by atoms with van der Waals surface area (Å²) < 4.78 is 16.9. The molecule has 0 saturated heterocycles. The Morgan fingerprint density at radius 3 is 2.50 bits per heavy atom. The second-order valence-electron chi connectivity index (χ2n) is 6.95. The molecule has 3 fully saturated rings. The van der Waals surface area contributed by atoms with E-state index in [-0.39, 0.29) is 5.41 Å². The van der Waals surface area contributed by atoms with Crippen LogP contribution in [0.15, 0.2) is 12.1 Å². The predicted octanol–water partition coefficient (Wildman–Crippen LogP) is 4.62. The lowest BCUT2D eigenvalue weighted by molar-refractivity contribution is 0.116. The summed E-state index contributed by atoms with van der Waals surface area (Å²) in [5, 5.41) is 9.07. The Balaban J connectivity index is 1.64. The molecule has 0 bridgehead atoms. The zero-order valence-corrected chi connectivity index (χ0v) is 13.7. The number of hydrogen-bond donors (Lipinski definition) is 0. The molecule has 3 saturated carbocycles. The van der Waals surface area contributed by atoms with E-state index in [1.165, 1.54) is 25.7 Å². The number of aromatic nitrogens is 3. The second-order valence-corrected chi connectivity index (χ2v) is 8.66. The first-order valence-electron chi connectivity index (χ1n) is 8.02. The second kappa shape index (κ2) is 4.54. The van der Waals surface area contributed by atoms with Gasteiger partial charge in [0.05, 0.1) is 9.75 Å². The van der Waals surface area contributed by atoms with E-state index in [1.54, 1.807) is 11.3 Å². The molecular formula is C16H17ClFN3S. The number of halogens is 2. The van der Waals surface area contributed by atoms with Crippen LogP contribution in [0, 0.1) is 0 Å². The van der Waals surface area contributed by atoms with Gasteiger partial charge in [-0.1, -0.05) is 11.6 Å². The minimum Gasteiger partial charge on any atom is -0.311 e. The zero-order valence-electron chi connectivity index (χ0n) is 12.1. The fourth-order valence-corrected chi connectivity index (χ4v) is 4.95. The molecule has 0 aliphatic heterocycles. The largest absolute Gasteiger partial charge is 0.311 e. The van der Waals surface area contributed by atoms with Crippen molar-refractivity contribution in [2.75, 3.05) is 0 Å². The van der Waals surface area contributed by atoms with Crippen LogP contribution in [0.4, 0.5) is 4.39 Å². The Hall–Kier alpha value is -0.940. The highest BCUT2D eigenvalue weighted by atomic mass is 35.5. The van der Waals surface area contributed by atoms with Crippen molar-refractivity contribution in [1.29, 1.82) is 0 Å². The minimum atomic E-state index is -0.741. The number of thiophene rings is 1. The lowest BCUT2D eigenvalue weighted by Crippen LogP contribution is -2.45. The van der Waals surface area contributed by atoms with E-state index < -0.39 is 6.17 Å². The van der Waals surface area contributed by atoms with Crippen LogP contribution in [0.25, 0.3) is 0 Å². The van der Waals surface area contributed by atoms with E-state index in [1.807, 2.05) is 12.1 Å². The molecule has 3 nitrogen and oxygen atoms in total. The van der Waals surface area contributed by atoms with Crippen LogP contribution in [-0.4, -0.2) is 20.9 Å². The van der Waals surface area contributed by atoms with Gasteiger partial charge in [0.25, 0.3) is 0 Å². The number of alkyl halides is 1. The highest BCUT2D eigenvalue weighted by molar-refractivity contribution is 7.16. The van der Waals surface area contributed by atoms with Gasteiger partial charge >= 0.3 is 0 Å². The molecule has 0 spiro atoms. The molecule has 0 aromatic carbocycles. The van der Waals surface area contributed by atoms with Crippen molar-refractivity contribution in [1.82, 2.24) is 14.8 Å². The molecule has 116 valence electrons. The average molecular weight is 338 g/mol. The molecule has 2 aromatic rings. The van der Waals surface area contributed by atoms with Gasteiger partial charge in [0.15, 0.2) is 0 Å². The molecule has 22 heavy (non-hydrogen) atoms. The van der Waals surface area contributed by atoms with Crippen molar-refractivity contribution in [2.24, 2.45) is 0 Å². The van der Waals surface area contributed by atoms with Gasteiger partial charge in [-0.05, 0) is 50.7 Å². The summed E-state index contributed by atoms with van der Waals surface area (Å²) in [6.07, 6.45) is 5.12. The van der Waals surface area contributed by atoms with Crippen molar-refractivity contribution in [3.63, 3.8) is 0 Å². The first-order valence-corrected chi connectivity index (χ1v) is 9.22. The molecule has 3 aliphatic carbocycles. The Morgan fingerprint density at radius 1 is 1.18 bits per heavy atom. The van der Waals surface area contributed by atoms with E-state index >= 15 is 0 Å². The smallest absolute Gasteiger partial charge is 0.145 e. The van der Waals surface area contributed by atoms with Gasteiger partial charge < -0.3 is 4.57 Å². The predicted molar refractivity (Wildman–Crippen MR) is 84.5 cm³/mol. The third-order valence-electron chi connectivity index (χ3n) is 5.19. The lowest BCUT2D eigenvalue weighted by atomic mass is 9.65. The summed E-state index contributed by atoms with van der Waals surface area (Å²) in [5.74, 6) is 2.71. The molecule has 0 amide bonds. The van der Waals surface area contributed by atoms with Gasteiger partial charge in [-0.25, -0.2) is 4.39 Å². The Morgan fingerprint density at radius 2 is 1.95 bits per heavy atom. The third kappa shape index (κ3) is 1.91. The Kier molecular flexibility index (Phi) is 2.79. The first-order chi connectivity index (χ1) is 10.7. The summed E-state index contributed by atoms with van der Waals surface area (Å²) >= 11 is 7.69. The highest BCUT2D eigenvalue weighted by Crippen LogP contribution is 2.55. The summed E-state index contributed by atoms with van der Waals surface area (Å²) in [5.41, 5.74) is -0.306. The van der Waals surface area contributed by atoms with Crippen LogP contribution < -0.4 is 0 Å². The monoisotopic (exact) mass is 337 g/mol. The van der Waals surface area contributed by atoms with Crippen LogP contribution in [0.1, 0.15) is 67.0 Å². The van der Waals surface area contributed by atoms with E-state index in [0.717, 1.165) is 20.9 Å². The maximum atomic E-state index is 13.8. The fourth-order valence-electron chi connectivity index (χ4n) is 3.70. The Bertz CT molecular complexity index is 726. The summed E-state index contributed by atoms with van der Waals surface area (Å²) in [6.45, 7) is 0. The summed E-state index contributed by atoms with van der Waals surface area (Å²) in [7, 11) is 0. The first kappa shape index (κ1) is 13.5. The molecule has 3 aliphatic rings. The maximum absolute atomic E-state index is 13.8. The van der Waals surface area contributed by atoms with Crippen molar-refractivity contribution >= 4 is 22.9 Å². The van der Waals surface area contributed by atoms with Crippen LogP contribution in [-0.2, 0) is 5.41 Å². The summed E-state index contributed by atoms with van der Waals surface area (Å²) in [6, 6.07) is 4.49. The minimum absolute atomic E-state index is 0.306. The summed E-state index contributed by atoms with van der Waals surface area (Å²) in [4.78, 5) is 1.14. The standard InChI is InChI=1S/C16H17ClFN3S/c17-13-6-5-12(22-13)16(7-10(18)8-16)15-20-19-14(9-1-2-9)21(15)11-3-4-11/h5-6,9-11H,1-4,7-8H2. The fraction of sp³-hybridized carbons (Fsp3) is 0.625. The molecule has 2 aromatic heterocycles. The molecule has 6 heteroatoms. The quantitative estimate of drug-likeness (QED) is 0.814. The number of hydrogen-bond acceptors (Lipinski definition) is 3. The van der Waals surface area contributed by atoms with E-state index in [0.29, 0.717) is 24.8 Å². The molecule has 5 rings (SSSR count). The van der Waals surface area contributed by atoms with Gasteiger partial charge in [0.2, 0.25) is 0 Å². The third-order valence-corrected chi connectivity index (χ3v) is 6.62. The Labute approximate surface area is 137 Å². The van der Waals surface area contributed by atoms with Crippen LogP contribution in [0.2, 0.25) is 4.34 Å². The van der Waals surface area contributed by atoms with Gasteiger partial charge in [-0.3, -0.25) is 0 Å². The van der Waals surface area contributed by atoms with Crippen molar-refractivity contribution in [3.05, 3.63) is 33.0 Å². The van der Waals surface area contributed by atoms with E-state index in [2.05, 4.69) is 14.8 Å². The van der Waals surface area contributed by atoms with Crippen molar-refractivity contribution in [3.8, 4) is 0 Å². The van der Waals surface area contributed by atoms with Gasteiger partial charge in [-0.2, -0.15) is 0 Å². The molecule has 0 unspecified atom stereocenters. The molecule has 2 heterocycles. The van der Waals surface area contributed by atoms with Crippen LogP contribution in [0.3, 0.4) is 0 Å².